The van der Waals surface area contributed by atoms with Crippen LogP contribution in [0.2, 0.25) is 0 Å². The zero-order chi connectivity index (χ0) is 19.3. The molecule has 0 spiro atoms. The van der Waals surface area contributed by atoms with Crippen molar-refractivity contribution in [2.24, 2.45) is 0 Å². The number of anilines is 1. The van der Waals surface area contributed by atoms with Crippen LogP contribution in [0.3, 0.4) is 0 Å². The number of carbonyl (C=O) groups is 1. The van der Waals surface area contributed by atoms with E-state index < -0.39 is 0 Å². The van der Waals surface area contributed by atoms with E-state index in [1.54, 1.807) is 24.2 Å². The Bertz CT molecular complexity index is 1050. The third-order valence-corrected chi connectivity index (χ3v) is 6.12. The highest BCUT2D eigenvalue weighted by Crippen LogP contribution is 2.30. The van der Waals surface area contributed by atoms with Crippen molar-refractivity contribution < 1.29 is 9.21 Å². The Labute approximate surface area is 170 Å². The number of amides is 1. The van der Waals surface area contributed by atoms with Crippen LogP contribution in [0.4, 0.5) is 5.13 Å². The van der Waals surface area contributed by atoms with E-state index in [-0.39, 0.29) is 5.91 Å². The second-order valence-corrected chi connectivity index (χ2v) is 8.24. The van der Waals surface area contributed by atoms with Gasteiger partial charge in [0.15, 0.2) is 5.13 Å². The van der Waals surface area contributed by atoms with Gasteiger partial charge in [0, 0.05) is 30.1 Å². The summed E-state index contributed by atoms with van der Waals surface area (Å²) >= 11 is 3.02. The highest BCUT2D eigenvalue weighted by atomic mass is 32.2. The fourth-order valence-corrected chi connectivity index (χ4v) is 4.28. The molecule has 3 aromatic heterocycles. The third kappa shape index (κ3) is 4.35. The first-order valence-corrected chi connectivity index (χ1v) is 10.6. The van der Waals surface area contributed by atoms with E-state index in [9.17, 15) is 4.79 Å². The number of nitrogens with zero attached hydrogens (tertiary/aromatic N) is 3. The van der Waals surface area contributed by atoms with Crippen molar-refractivity contribution in [3.8, 4) is 5.69 Å². The molecule has 4 rings (SSSR count). The molecule has 0 aliphatic rings. The molecule has 4 aromatic rings. The molecule has 8 heteroatoms. The van der Waals surface area contributed by atoms with E-state index in [0.717, 1.165) is 22.1 Å². The summed E-state index contributed by atoms with van der Waals surface area (Å²) in [6.45, 7) is 2.03. The van der Waals surface area contributed by atoms with Gasteiger partial charge in [-0.05, 0) is 36.4 Å². The molecule has 3 heterocycles. The Kier molecular flexibility index (Phi) is 5.59. The van der Waals surface area contributed by atoms with Crippen molar-refractivity contribution in [3.05, 3.63) is 78.4 Å². The number of nitrogens with one attached hydrogen (secondary N) is 1. The molecule has 142 valence electrons. The number of thiazole rings is 1. The van der Waals surface area contributed by atoms with Gasteiger partial charge in [0.2, 0.25) is 5.89 Å². The summed E-state index contributed by atoms with van der Waals surface area (Å²) in [6, 6.07) is 11.4. The highest BCUT2D eigenvalue weighted by molar-refractivity contribution is 8.00. The van der Waals surface area contributed by atoms with Gasteiger partial charge in [-0.3, -0.25) is 10.1 Å². The molecule has 0 aliphatic carbocycles. The van der Waals surface area contributed by atoms with Crippen LogP contribution in [0.15, 0.2) is 69.8 Å². The fourth-order valence-electron chi connectivity index (χ4n) is 2.56. The molecule has 0 saturated heterocycles. The van der Waals surface area contributed by atoms with Crippen molar-refractivity contribution >= 4 is 34.1 Å². The molecule has 0 radical (unpaired) electrons. The number of hydrogen-bond donors (Lipinski definition) is 1. The van der Waals surface area contributed by atoms with Crippen LogP contribution >= 0.6 is 23.1 Å². The predicted octanol–water partition coefficient (Wildman–Crippen LogP) is 5.03. The Morgan fingerprint density at radius 1 is 1.18 bits per heavy atom. The van der Waals surface area contributed by atoms with Gasteiger partial charge in [0.25, 0.3) is 5.91 Å². The zero-order valence-electron chi connectivity index (χ0n) is 15.2. The molecule has 0 saturated carbocycles. The van der Waals surface area contributed by atoms with E-state index in [1.165, 1.54) is 11.3 Å². The van der Waals surface area contributed by atoms with Gasteiger partial charge < -0.3 is 8.98 Å². The molecule has 1 amide bonds. The Morgan fingerprint density at radius 2 is 1.96 bits per heavy atom. The second kappa shape index (κ2) is 8.45. The van der Waals surface area contributed by atoms with Crippen LogP contribution in [0, 0.1) is 0 Å². The van der Waals surface area contributed by atoms with Crippen molar-refractivity contribution in [3.63, 3.8) is 0 Å². The number of aryl methyl sites for hydroxylation is 1. The van der Waals surface area contributed by atoms with Crippen molar-refractivity contribution in [2.45, 2.75) is 23.3 Å². The normalized spacial score (nSPS) is 10.9. The highest BCUT2D eigenvalue weighted by Gasteiger charge is 2.11. The van der Waals surface area contributed by atoms with Gasteiger partial charge in [0.05, 0.1) is 22.4 Å². The molecule has 0 fully saturated rings. The smallest absolute Gasteiger partial charge is 0.257 e. The molecule has 0 atom stereocenters. The summed E-state index contributed by atoms with van der Waals surface area (Å²) in [5, 5.41) is 3.43. The quantitative estimate of drug-likeness (QED) is 0.433. The second-order valence-electron chi connectivity index (χ2n) is 5.94. The Hall–Kier alpha value is -2.84. The molecule has 6 nitrogen and oxygen atoms in total. The maximum atomic E-state index is 12.5. The largest absolute Gasteiger partial charge is 0.445 e. The summed E-state index contributed by atoms with van der Waals surface area (Å²) in [4.78, 5) is 21.0. The molecular formula is C20H18N4O2S2. The lowest BCUT2D eigenvalue weighted by Gasteiger charge is -2.05. The van der Waals surface area contributed by atoms with Gasteiger partial charge in [-0.2, -0.15) is 0 Å². The molecule has 1 aromatic carbocycles. The van der Waals surface area contributed by atoms with Crippen LogP contribution in [0.5, 0.6) is 0 Å². The van der Waals surface area contributed by atoms with Gasteiger partial charge in [-0.25, -0.2) is 9.97 Å². The summed E-state index contributed by atoms with van der Waals surface area (Å²) in [5.74, 6) is 2.04. The Morgan fingerprint density at radius 3 is 2.68 bits per heavy atom. The minimum absolute atomic E-state index is 0.176. The Balaban J connectivity index is 1.34. The predicted molar refractivity (Wildman–Crippen MR) is 111 cm³/mol. The lowest BCUT2D eigenvalue weighted by atomic mass is 10.2. The van der Waals surface area contributed by atoms with Gasteiger partial charge in [-0.15, -0.1) is 11.8 Å². The molecule has 28 heavy (non-hydrogen) atoms. The topological polar surface area (TPSA) is 73.0 Å². The minimum Gasteiger partial charge on any atom is -0.445 e. The molecule has 0 aliphatic heterocycles. The van der Waals surface area contributed by atoms with E-state index in [4.69, 9.17) is 4.42 Å². The summed E-state index contributed by atoms with van der Waals surface area (Å²) in [6.07, 6.45) is 8.27. The van der Waals surface area contributed by atoms with Crippen LogP contribution in [0.1, 0.15) is 28.9 Å². The van der Waals surface area contributed by atoms with Crippen LogP contribution in [0.25, 0.3) is 5.69 Å². The number of carbonyl (C=O) groups excluding carboxylic acids is 1. The summed E-state index contributed by atoms with van der Waals surface area (Å²) in [7, 11) is 0. The number of hydrogen-bond acceptors (Lipinski definition) is 6. The number of aromatic nitrogens is 3. The first-order chi connectivity index (χ1) is 13.7. The number of thioether (sulfide) groups is 1. The van der Waals surface area contributed by atoms with Gasteiger partial charge >= 0.3 is 0 Å². The zero-order valence-corrected chi connectivity index (χ0v) is 16.8. The SMILES string of the molecule is CCc1cnc(CSc2cnc(NC(=O)c3ccc(-n4cccc4)cc3)s2)o1. The molecular weight excluding hydrogens is 392 g/mol. The first-order valence-electron chi connectivity index (χ1n) is 8.78. The van der Waals surface area contributed by atoms with Crippen LogP contribution in [-0.4, -0.2) is 20.4 Å². The van der Waals surface area contributed by atoms with Crippen molar-refractivity contribution in [1.29, 1.82) is 0 Å². The number of rotatable bonds is 7. The van der Waals surface area contributed by atoms with Crippen molar-refractivity contribution in [2.75, 3.05) is 5.32 Å². The minimum atomic E-state index is -0.176. The average Bonchev–Trinajstić information content (AvgIpc) is 3.48. The van der Waals surface area contributed by atoms with Gasteiger partial charge in [-0.1, -0.05) is 18.3 Å². The summed E-state index contributed by atoms with van der Waals surface area (Å²) in [5.41, 5.74) is 1.60. The molecule has 1 N–H and O–H groups in total. The third-order valence-electron chi connectivity index (χ3n) is 4.02. The fraction of sp³-hybridized carbons (Fsp3) is 0.150. The van der Waals surface area contributed by atoms with E-state index >= 15 is 0 Å². The molecule has 0 bridgehead atoms. The monoisotopic (exact) mass is 410 g/mol. The lowest BCUT2D eigenvalue weighted by molar-refractivity contribution is 0.102. The van der Waals surface area contributed by atoms with E-state index in [2.05, 4.69) is 15.3 Å². The van der Waals surface area contributed by atoms with Crippen LogP contribution in [-0.2, 0) is 12.2 Å². The van der Waals surface area contributed by atoms with E-state index in [0.29, 0.717) is 22.3 Å². The van der Waals surface area contributed by atoms with E-state index in [1.807, 2.05) is 60.3 Å². The van der Waals surface area contributed by atoms with Crippen LogP contribution < -0.4 is 5.32 Å². The lowest BCUT2D eigenvalue weighted by Crippen LogP contribution is -2.11. The van der Waals surface area contributed by atoms with Crippen molar-refractivity contribution in [1.82, 2.24) is 14.5 Å². The maximum absolute atomic E-state index is 12.5. The average molecular weight is 411 g/mol. The standard InChI is InChI=1S/C20H18N4O2S2/c1-2-16-11-21-17(26-16)13-27-18-12-22-20(28-18)23-19(25)14-5-7-15(8-6-14)24-9-3-4-10-24/h3-12H,2,13H2,1H3,(H,22,23,25). The number of oxazole rings is 1. The van der Waals surface area contributed by atoms with Gasteiger partial charge in [0.1, 0.15) is 5.76 Å². The number of benzene rings is 1. The first kappa shape index (κ1) is 18.5. The maximum Gasteiger partial charge on any atom is 0.257 e. The summed E-state index contributed by atoms with van der Waals surface area (Å²) < 4.78 is 8.59. The molecule has 0 unspecified atom stereocenters.